The summed E-state index contributed by atoms with van der Waals surface area (Å²) in [6.45, 7) is -0.383. The van der Waals surface area contributed by atoms with Gasteiger partial charge in [-0.1, -0.05) is 0 Å². The molecule has 15 heavy (non-hydrogen) atoms. The number of carboxylic acid groups (broad SMARTS) is 2. The van der Waals surface area contributed by atoms with Crippen LogP contribution in [0.15, 0.2) is 0 Å². The molecular weight excluding hydrogens is 212 g/mol. The molecule has 5 nitrogen and oxygen atoms in total. The molecular formula is C8H9F2NO4. The number of rotatable bonds is 1. The van der Waals surface area contributed by atoms with E-state index in [1.54, 1.807) is 0 Å². The Morgan fingerprint density at radius 1 is 1.33 bits per heavy atom. The maximum absolute atomic E-state index is 13.0. The Balaban J connectivity index is 2.21. The largest absolute Gasteiger partial charge is 0.480 e. The Bertz CT molecular complexity index is 322. The first-order valence-corrected chi connectivity index (χ1v) is 4.39. The number of amides is 1. The summed E-state index contributed by atoms with van der Waals surface area (Å²) in [6.07, 6.45) is -2.16. The van der Waals surface area contributed by atoms with E-state index in [1.165, 1.54) is 0 Å². The van der Waals surface area contributed by atoms with Crippen LogP contribution in [0.25, 0.3) is 0 Å². The average Bonchev–Trinajstić information content (AvgIpc) is 2.48. The molecule has 2 aliphatic rings. The van der Waals surface area contributed by atoms with E-state index >= 15 is 0 Å². The summed E-state index contributed by atoms with van der Waals surface area (Å²) >= 11 is 0. The maximum atomic E-state index is 13.0. The fourth-order valence-corrected chi connectivity index (χ4v) is 2.18. The summed E-state index contributed by atoms with van der Waals surface area (Å²) < 4.78 is 25.9. The highest BCUT2D eigenvalue weighted by Crippen LogP contribution is 2.66. The van der Waals surface area contributed by atoms with Crippen molar-refractivity contribution in [3.63, 3.8) is 0 Å². The van der Waals surface area contributed by atoms with Gasteiger partial charge >= 0.3 is 12.1 Å². The van der Waals surface area contributed by atoms with Crippen molar-refractivity contribution in [3.8, 4) is 0 Å². The molecule has 1 spiro atoms. The highest BCUT2D eigenvalue weighted by atomic mass is 19.3. The van der Waals surface area contributed by atoms with Crippen LogP contribution in [0.3, 0.4) is 0 Å². The predicted octanol–water partition coefficient (Wildman–Crippen LogP) is 0.849. The van der Waals surface area contributed by atoms with Gasteiger partial charge in [-0.15, -0.1) is 0 Å². The number of aliphatic carboxylic acids is 1. The summed E-state index contributed by atoms with van der Waals surface area (Å²) in [5.41, 5.74) is -1.42. The molecule has 1 saturated carbocycles. The van der Waals surface area contributed by atoms with Gasteiger partial charge in [0.15, 0.2) is 0 Å². The molecule has 7 heteroatoms. The lowest BCUT2D eigenvalue weighted by Crippen LogP contribution is -2.39. The van der Waals surface area contributed by atoms with Crippen LogP contribution in [0.2, 0.25) is 0 Å². The van der Waals surface area contributed by atoms with Gasteiger partial charge < -0.3 is 10.2 Å². The van der Waals surface area contributed by atoms with Crippen LogP contribution in [-0.2, 0) is 4.79 Å². The summed E-state index contributed by atoms with van der Waals surface area (Å²) in [5, 5.41) is 17.4. The van der Waals surface area contributed by atoms with Gasteiger partial charge in [0.2, 0.25) is 0 Å². The molecule has 2 atom stereocenters. The molecule has 1 unspecified atom stereocenters. The number of hydrogen-bond acceptors (Lipinski definition) is 2. The fraction of sp³-hybridized carbons (Fsp3) is 0.750. The Labute approximate surface area is 83.3 Å². The summed E-state index contributed by atoms with van der Waals surface area (Å²) in [7, 11) is 0. The topological polar surface area (TPSA) is 77.8 Å². The highest BCUT2D eigenvalue weighted by molar-refractivity contribution is 5.80. The minimum absolute atomic E-state index is 0.290. The number of alkyl halides is 2. The smallest absolute Gasteiger partial charge is 0.408 e. The molecule has 2 fully saturated rings. The van der Waals surface area contributed by atoms with Crippen molar-refractivity contribution in [2.24, 2.45) is 5.41 Å². The quantitative estimate of drug-likeness (QED) is 0.688. The first-order valence-electron chi connectivity index (χ1n) is 4.39. The number of likely N-dealkylation sites (tertiary alicyclic amines) is 1. The second-order valence-corrected chi connectivity index (χ2v) is 4.13. The number of carboxylic acids is 1. The summed E-state index contributed by atoms with van der Waals surface area (Å²) in [5.74, 6) is -4.28. The Morgan fingerprint density at radius 3 is 2.13 bits per heavy atom. The van der Waals surface area contributed by atoms with E-state index in [2.05, 4.69) is 0 Å². The minimum atomic E-state index is -2.91. The zero-order valence-corrected chi connectivity index (χ0v) is 7.61. The SMILES string of the molecule is O=C(O)[C@@H]1CC2(CN1C(=O)O)CC2(F)F. The Hall–Kier alpha value is -1.40. The third-order valence-electron chi connectivity index (χ3n) is 3.18. The standard InChI is InChI=1S/C8H9F2NO4/c9-8(10)2-7(8)1-4(5(12)13)11(3-7)6(14)15/h4H,1-3H2,(H,12,13)(H,14,15)/t4-,7?/m0/s1. The molecule has 84 valence electrons. The predicted molar refractivity (Wildman–Crippen MR) is 42.8 cm³/mol. The maximum Gasteiger partial charge on any atom is 0.408 e. The zero-order valence-electron chi connectivity index (χ0n) is 7.61. The van der Waals surface area contributed by atoms with E-state index in [4.69, 9.17) is 10.2 Å². The highest BCUT2D eigenvalue weighted by Gasteiger charge is 2.75. The van der Waals surface area contributed by atoms with Crippen molar-refractivity contribution in [2.75, 3.05) is 6.54 Å². The molecule has 1 saturated heterocycles. The Kier molecular flexibility index (Phi) is 1.75. The van der Waals surface area contributed by atoms with Crippen molar-refractivity contribution in [3.05, 3.63) is 0 Å². The number of nitrogens with zero attached hydrogens (tertiary/aromatic N) is 1. The molecule has 1 heterocycles. The van der Waals surface area contributed by atoms with Gasteiger partial charge in [-0.3, -0.25) is 4.90 Å². The molecule has 1 aliphatic heterocycles. The molecule has 1 amide bonds. The lowest BCUT2D eigenvalue weighted by molar-refractivity contribution is -0.141. The molecule has 0 aromatic rings. The van der Waals surface area contributed by atoms with E-state index in [0.29, 0.717) is 4.90 Å². The molecule has 1 aliphatic carbocycles. The van der Waals surface area contributed by atoms with E-state index in [1.807, 2.05) is 0 Å². The lowest BCUT2D eigenvalue weighted by Gasteiger charge is -2.16. The van der Waals surface area contributed by atoms with E-state index in [-0.39, 0.29) is 13.0 Å². The first-order chi connectivity index (χ1) is 6.79. The van der Waals surface area contributed by atoms with Gasteiger partial charge in [0.25, 0.3) is 5.92 Å². The van der Waals surface area contributed by atoms with Crippen molar-refractivity contribution in [2.45, 2.75) is 24.8 Å². The molecule has 0 radical (unpaired) electrons. The van der Waals surface area contributed by atoms with E-state index in [0.717, 1.165) is 0 Å². The van der Waals surface area contributed by atoms with Crippen molar-refractivity contribution in [1.82, 2.24) is 4.90 Å². The number of hydrogen-bond donors (Lipinski definition) is 2. The second kappa shape index (κ2) is 2.59. The van der Waals surface area contributed by atoms with Crippen LogP contribution in [-0.4, -0.2) is 45.7 Å². The average molecular weight is 221 g/mol. The van der Waals surface area contributed by atoms with Gasteiger partial charge in [-0.25, -0.2) is 18.4 Å². The van der Waals surface area contributed by atoms with Crippen LogP contribution in [0.5, 0.6) is 0 Å². The van der Waals surface area contributed by atoms with Crippen LogP contribution in [0.4, 0.5) is 13.6 Å². The van der Waals surface area contributed by atoms with E-state index < -0.39 is 35.9 Å². The minimum Gasteiger partial charge on any atom is -0.480 e. The zero-order chi connectivity index (χ0) is 11.4. The van der Waals surface area contributed by atoms with Crippen molar-refractivity contribution in [1.29, 1.82) is 0 Å². The van der Waals surface area contributed by atoms with Crippen molar-refractivity contribution < 1.29 is 28.6 Å². The van der Waals surface area contributed by atoms with Gasteiger partial charge in [0.05, 0.1) is 5.41 Å². The van der Waals surface area contributed by atoms with Gasteiger partial charge in [0.1, 0.15) is 6.04 Å². The molecule has 2 N–H and O–H groups in total. The molecule has 2 rings (SSSR count). The second-order valence-electron chi connectivity index (χ2n) is 4.13. The fourth-order valence-electron chi connectivity index (χ4n) is 2.18. The van der Waals surface area contributed by atoms with E-state index in [9.17, 15) is 18.4 Å². The normalized spacial score (nSPS) is 36.9. The van der Waals surface area contributed by atoms with Crippen LogP contribution >= 0.6 is 0 Å². The van der Waals surface area contributed by atoms with Gasteiger partial charge in [0, 0.05) is 13.0 Å². The number of carbonyl (C=O) groups is 2. The van der Waals surface area contributed by atoms with Crippen LogP contribution < -0.4 is 0 Å². The number of halogens is 2. The van der Waals surface area contributed by atoms with Crippen LogP contribution in [0.1, 0.15) is 12.8 Å². The van der Waals surface area contributed by atoms with Gasteiger partial charge in [-0.2, -0.15) is 0 Å². The monoisotopic (exact) mass is 221 g/mol. The molecule has 0 bridgehead atoms. The summed E-state index contributed by atoms with van der Waals surface area (Å²) in [4.78, 5) is 21.9. The molecule has 0 aromatic heterocycles. The molecule has 0 aromatic carbocycles. The first kappa shape index (κ1) is 10.1. The third kappa shape index (κ3) is 1.25. The Morgan fingerprint density at radius 2 is 1.87 bits per heavy atom. The lowest BCUT2D eigenvalue weighted by atomic mass is 10.0. The van der Waals surface area contributed by atoms with Crippen LogP contribution in [0, 0.1) is 5.41 Å². The van der Waals surface area contributed by atoms with Crippen molar-refractivity contribution >= 4 is 12.1 Å². The third-order valence-corrected chi connectivity index (χ3v) is 3.18. The van der Waals surface area contributed by atoms with Gasteiger partial charge in [-0.05, 0) is 6.42 Å². The summed E-state index contributed by atoms with van der Waals surface area (Å²) in [6, 6.07) is -1.34.